The van der Waals surface area contributed by atoms with Gasteiger partial charge in [0, 0.05) is 11.1 Å². The minimum atomic E-state index is -0.353. The number of carbonyl (C=O) groups is 2. The number of benzene rings is 2. The Balaban J connectivity index is 1.98. The maximum atomic E-state index is 13.0. The molecule has 2 aromatic rings. The number of thioether (sulfide) groups is 1. The molecular formula is C25H27Cl2NO3S. The number of aromatic hydroxyl groups is 1. The molecule has 1 aliphatic rings. The molecule has 1 saturated heterocycles. The van der Waals surface area contributed by atoms with Gasteiger partial charge in [0.25, 0.3) is 11.1 Å². The molecule has 0 unspecified atom stereocenters. The van der Waals surface area contributed by atoms with Crippen molar-refractivity contribution in [3.63, 3.8) is 0 Å². The van der Waals surface area contributed by atoms with Crippen molar-refractivity contribution in [1.29, 1.82) is 0 Å². The van der Waals surface area contributed by atoms with Crippen LogP contribution in [-0.2, 0) is 22.2 Å². The third-order valence-electron chi connectivity index (χ3n) is 5.24. The first-order valence-electron chi connectivity index (χ1n) is 10.3. The van der Waals surface area contributed by atoms with E-state index in [4.69, 9.17) is 23.2 Å². The molecule has 0 aliphatic carbocycles. The fraction of sp³-hybridized carbons (Fsp3) is 0.360. The summed E-state index contributed by atoms with van der Waals surface area (Å²) in [4.78, 5) is 27.1. The third kappa shape index (κ3) is 5.16. The topological polar surface area (TPSA) is 57.6 Å². The predicted molar refractivity (Wildman–Crippen MR) is 133 cm³/mol. The zero-order valence-electron chi connectivity index (χ0n) is 19.0. The van der Waals surface area contributed by atoms with E-state index < -0.39 is 0 Å². The molecule has 2 aromatic carbocycles. The molecule has 1 heterocycles. The summed E-state index contributed by atoms with van der Waals surface area (Å²) in [6.07, 6.45) is 1.73. The van der Waals surface area contributed by atoms with Crippen molar-refractivity contribution in [1.82, 2.24) is 4.90 Å². The lowest BCUT2D eigenvalue weighted by Crippen LogP contribution is -2.27. The maximum absolute atomic E-state index is 13.0. The highest BCUT2D eigenvalue weighted by molar-refractivity contribution is 8.18. The smallest absolute Gasteiger partial charge is 0.293 e. The Morgan fingerprint density at radius 3 is 2.00 bits per heavy atom. The SMILES string of the molecule is CC(C)(C)c1cc(/C=C2\SC(=O)N(Cc3ccc(Cl)c(Cl)c3)C2=O)cc(C(C)(C)C)c1O. The van der Waals surface area contributed by atoms with Crippen LogP contribution in [0.1, 0.15) is 63.8 Å². The molecule has 0 radical (unpaired) electrons. The van der Waals surface area contributed by atoms with E-state index in [2.05, 4.69) is 0 Å². The minimum Gasteiger partial charge on any atom is -0.507 e. The van der Waals surface area contributed by atoms with Crippen LogP contribution in [0, 0.1) is 0 Å². The lowest BCUT2D eigenvalue weighted by atomic mass is 9.78. The van der Waals surface area contributed by atoms with E-state index in [1.165, 1.54) is 4.90 Å². The second-order valence-electron chi connectivity index (χ2n) is 9.98. The van der Waals surface area contributed by atoms with Crippen molar-refractivity contribution in [3.8, 4) is 5.75 Å². The molecule has 0 aromatic heterocycles. The Labute approximate surface area is 203 Å². The van der Waals surface area contributed by atoms with E-state index in [1.54, 1.807) is 24.3 Å². The van der Waals surface area contributed by atoms with Gasteiger partial charge in [-0.3, -0.25) is 14.5 Å². The Morgan fingerprint density at radius 1 is 0.938 bits per heavy atom. The lowest BCUT2D eigenvalue weighted by Gasteiger charge is -2.28. The number of carbonyl (C=O) groups excluding carboxylic acids is 2. The zero-order valence-corrected chi connectivity index (χ0v) is 21.4. The first kappa shape index (κ1) is 24.7. The van der Waals surface area contributed by atoms with E-state index in [1.807, 2.05) is 53.7 Å². The second-order valence-corrected chi connectivity index (χ2v) is 11.8. The summed E-state index contributed by atoms with van der Waals surface area (Å²) >= 11 is 12.9. The molecule has 1 fully saturated rings. The van der Waals surface area contributed by atoms with E-state index in [0.717, 1.165) is 34.0 Å². The van der Waals surface area contributed by atoms with E-state index in [-0.39, 0.29) is 34.3 Å². The van der Waals surface area contributed by atoms with Crippen LogP contribution in [0.2, 0.25) is 10.0 Å². The van der Waals surface area contributed by atoms with Gasteiger partial charge in [-0.25, -0.2) is 0 Å². The van der Waals surface area contributed by atoms with Gasteiger partial charge in [0.15, 0.2) is 0 Å². The van der Waals surface area contributed by atoms with Gasteiger partial charge in [0.05, 0.1) is 21.5 Å². The highest BCUT2D eigenvalue weighted by Gasteiger charge is 2.35. The molecule has 0 bridgehead atoms. The average Bonchev–Trinajstić information content (AvgIpc) is 2.91. The fourth-order valence-corrected chi connectivity index (χ4v) is 4.65. The molecule has 1 aliphatic heterocycles. The van der Waals surface area contributed by atoms with Gasteiger partial charge < -0.3 is 5.11 Å². The van der Waals surface area contributed by atoms with Crippen LogP contribution in [0.25, 0.3) is 6.08 Å². The molecule has 0 atom stereocenters. The third-order valence-corrected chi connectivity index (χ3v) is 6.89. The number of amides is 2. The number of phenols is 1. The van der Waals surface area contributed by atoms with Crippen molar-refractivity contribution in [2.45, 2.75) is 58.9 Å². The number of imide groups is 1. The summed E-state index contributed by atoms with van der Waals surface area (Å²) in [5.41, 5.74) is 2.51. The van der Waals surface area contributed by atoms with E-state index in [9.17, 15) is 14.7 Å². The minimum absolute atomic E-state index is 0.120. The van der Waals surface area contributed by atoms with Crippen LogP contribution in [0.5, 0.6) is 5.75 Å². The first-order chi connectivity index (χ1) is 14.7. The second kappa shape index (κ2) is 8.77. The van der Waals surface area contributed by atoms with E-state index >= 15 is 0 Å². The normalized spacial score (nSPS) is 16.4. The molecule has 3 rings (SSSR count). The Hall–Kier alpha value is -1.95. The van der Waals surface area contributed by atoms with Crippen molar-refractivity contribution >= 4 is 52.2 Å². The quantitative estimate of drug-likeness (QED) is 0.450. The van der Waals surface area contributed by atoms with Crippen LogP contribution in [-0.4, -0.2) is 21.2 Å². The summed E-state index contributed by atoms with van der Waals surface area (Å²) in [7, 11) is 0. The molecule has 2 amide bonds. The number of phenolic OH excluding ortho intramolecular Hbond substituents is 1. The number of rotatable bonds is 3. The standard InChI is InChI=1S/C25H27Cl2NO3S/c1-24(2,3)16-9-15(10-17(21(16)29)25(4,5)6)12-20-22(30)28(23(31)32-20)13-14-7-8-18(26)19(27)11-14/h7-12,29H,13H2,1-6H3/b20-12-. The largest absolute Gasteiger partial charge is 0.507 e. The molecule has 0 spiro atoms. The summed E-state index contributed by atoms with van der Waals surface area (Å²) in [6.45, 7) is 12.3. The molecular weight excluding hydrogens is 465 g/mol. The van der Waals surface area contributed by atoms with Crippen molar-refractivity contribution < 1.29 is 14.7 Å². The Bertz CT molecular complexity index is 1090. The number of halogens is 2. The highest BCUT2D eigenvalue weighted by atomic mass is 35.5. The summed E-state index contributed by atoms with van der Waals surface area (Å²) < 4.78 is 0. The molecule has 170 valence electrons. The van der Waals surface area contributed by atoms with Crippen LogP contribution in [0.15, 0.2) is 35.2 Å². The Kier molecular flexibility index (Phi) is 6.77. The maximum Gasteiger partial charge on any atom is 0.293 e. The van der Waals surface area contributed by atoms with Crippen molar-refractivity contribution in [2.75, 3.05) is 0 Å². The predicted octanol–water partition coefficient (Wildman–Crippen LogP) is 7.53. The van der Waals surface area contributed by atoms with Gasteiger partial charge in [0.1, 0.15) is 5.75 Å². The van der Waals surface area contributed by atoms with Crippen molar-refractivity contribution in [2.24, 2.45) is 0 Å². The average molecular weight is 492 g/mol. The monoisotopic (exact) mass is 491 g/mol. The highest BCUT2D eigenvalue weighted by Crippen LogP contribution is 2.41. The van der Waals surface area contributed by atoms with Crippen LogP contribution in [0.3, 0.4) is 0 Å². The van der Waals surface area contributed by atoms with Crippen LogP contribution >= 0.6 is 35.0 Å². The Morgan fingerprint density at radius 2 is 1.50 bits per heavy atom. The molecule has 0 saturated carbocycles. The van der Waals surface area contributed by atoms with Gasteiger partial charge >= 0.3 is 0 Å². The number of nitrogens with zero attached hydrogens (tertiary/aromatic N) is 1. The van der Waals surface area contributed by atoms with Gasteiger partial charge in [0.2, 0.25) is 0 Å². The fourth-order valence-electron chi connectivity index (χ4n) is 3.49. The van der Waals surface area contributed by atoms with Gasteiger partial charge in [-0.2, -0.15) is 0 Å². The number of hydrogen-bond acceptors (Lipinski definition) is 4. The van der Waals surface area contributed by atoms with Crippen molar-refractivity contribution in [3.05, 3.63) is 67.5 Å². The number of hydrogen-bond donors (Lipinski definition) is 1. The van der Waals surface area contributed by atoms with Gasteiger partial charge in [-0.1, -0.05) is 70.8 Å². The molecule has 32 heavy (non-hydrogen) atoms. The first-order valence-corrected chi connectivity index (χ1v) is 11.8. The van der Waals surface area contributed by atoms with Crippen LogP contribution < -0.4 is 0 Å². The summed E-state index contributed by atoms with van der Waals surface area (Å²) in [5, 5.41) is 11.4. The van der Waals surface area contributed by atoms with E-state index in [0.29, 0.717) is 15.0 Å². The lowest BCUT2D eigenvalue weighted by molar-refractivity contribution is -0.123. The zero-order chi connectivity index (χ0) is 24.0. The van der Waals surface area contributed by atoms with Crippen LogP contribution in [0.4, 0.5) is 4.79 Å². The van der Waals surface area contributed by atoms with Gasteiger partial charge in [-0.15, -0.1) is 0 Å². The molecule has 4 nitrogen and oxygen atoms in total. The molecule has 1 N–H and O–H groups in total. The summed E-state index contributed by atoms with van der Waals surface area (Å²) in [6, 6.07) is 8.82. The molecule has 7 heteroatoms. The summed E-state index contributed by atoms with van der Waals surface area (Å²) in [5.74, 6) is -0.0800. The van der Waals surface area contributed by atoms with Gasteiger partial charge in [-0.05, 0) is 64.1 Å².